The standard InChI is InChI=1S/C16H30N2O/c1-2-3-4-5-6-7-8-16(19)18-14-11-15-9-12-17-13-10-15/h9,17H,2-8,10-14H2,1H3,(H,18,19). The van der Waals surface area contributed by atoms with E-state index < -0.39 is 0 Å². The van der Waals surface area contributed by atoms with E-state index in [0.29, 0.717) is 6.42 Å². The molecule has 0 unspecified atom stereocenters. The van der Waals surface area contributed by atoms with Crippen molar-refractivity contribution >= 4 is 5.91 Å². The SMILES string of the molecule is CCCCCCCCC(=O)NCCC1=CCNCC1. The molecule has 0 spiro atoms. The topological polar surface area (TPSA) is 41.1 Å². The second-order valence-electron chi connectivity index (χ2n) is 5.43. The van der Waals surface area contributed by atoms with Crippen LogP contribution < -0.4 is 10.6 Å². The summed E-state index contributed by atoms with van der Waals surface area (Å²) in [5.41, 5.74) is 1.48. The van der Waals surface area contributed by atoms with Crippen molar-refractivity contribution in [2.75, 3.05) is 19.6 Å². The van der Waals surface area contributed by atoms with Crippen LogP contribution in [0.5, 0.6) is 0 Å². The van der Waals surface area contributed by atoms with Crippen LogP contribution in [-0.2, 0) is 4.79 Å². The molecule has 1 rings (SSSR count). The van der Waals surface area contributed by atoms with Crippen molar-refractivity contribution in [1.82, 2.24) is 10.6 Å². The van der Waals surface area contributed by atoms with E-state index in [9.17, 15) is 4.79 Å². The Morgan fingerprint density at radius 3 is 2.79 bits per heavy atom. The van der Waals surface area contributed by atoms with Crippen molar-refractivity contribution in [3.63, 3.8) is 0 Å². The van der Waals surface area contributed by atoms with Gasteiger partial charge in [0.1, 0.15) is 0 Å². The number of carbonyl (C=O) groups is 1. The largest absolute Gasteiger partial charge is 0.356 e. The highest BCUT2D eigenvalue weighted by molar-refractivity contribution is 5.75. The Morgan fingerprint density at radius 2 is 2.05 bits per heavy atom. The summed E-state index contributed by atoms with van der Waals surface area (Å²) in [6.45, 7) is 5.10. The number of hydrogen-bond donors (Lipinski definition) is 2. The van der Waals surface area contributed by atoms with Gasteiger partial charge in [0, 0.05) is 19.5 Å². The van der Waals surface area contributed by atoms with Gasteiger partial charge in [-0.25, -0.2) is 0 Å². The number of hydrogen-bond acceptors (Lipinski definition) is 2. The molecule has 1 aliphatic heterocycles. The summed E-state index contributed by atoms with van der Waals surface area (Å²) in [7, 11) is 0. The van der Waals surface area contributed by atoms with E-state index in [1.807, 2.05) is 0 Å². The van der Waals surface area contributed by atoms with E-state index in [2.05, 4.69) is 23.6 Å². The maximum atomic E-state index is 11.6. The van der Waals surface area contributed by atoms with Gasteiger partial charge in [0.25, 0.3) is 0 Å². The second-order valence-corrected chi connectivity index (χ2v) is 5.43. The Balaban J connectivity index is 1.91. The number of nitrogens with one attached hydrogen (secondary N) is 2. The molecule has 3 heteroatoms. The quantitative estimate of drug-likeness (QED) is 0.471. The van der Waals surface area contributed by atoms with Gasteiger partial charge in [-0.2, -0.15) is 0 Å². The summed E-state index contributed by atoms with van der Waals surface area (Å²) in [4.78, 5) is 11.6. The summed E-state index contributed by atoms with van der Waals surface area (Å²) in [5.74, 6) is 0.227. The maximum Gasteiger partial charge on any atom is 0.220 e. The summed E-state index contributed by atoms with van der Waals surface area (Å²) in [6.07, 6.45) is 12.6. The second kappa shape index (κ2) is 11.0. The normalized spacial score (nSPS) is 15.1. The van der Waals surface area contributed by atoms with Crippen molar-refractivity contribution in [2.24, 2.45) is 0 Å². The molecule has 0 aromatic rings. The molecule has 0 saturated heterocycles. The highest BCUT2D eigenvalue weighted by Crippen LogP contribution is 2.09. The lowest BCUT2D eigenvalue weighted by atomic mass is 10.1. The molecule has 1 heterocycles. The highest BCUT2D eigenvalue weighted by Gasteiger charge is 2.04. The van der Waals surface area contributed by atoms with Crippen LogP contribution in [-0.4, -0.2) is 25.5 Å². The molecule has 0 aromatic carbocycles. The van der Waals surface area contributed by atoms with Crippen molar-refractivity contribution in [3.8, 4) is 0 Å². The fourth-order valence-corrected chi connectivity index (χ4v) is 2.41. The first-order valence-corrected chi connectivity index (χ1v) is 7.98. The molecule has 0 aliphatic carbocycles. The van der Waals surface area contributed by atoms with E-state index in [4.69, 9.17) is 0 Å². The zero-order chi connectivity index (χ0) is 13.8. The first-order valence-electron chi connectivity index (χ1n) is 7.98. The molecule has 0 bridgehead atoms. The van der Waals surface area contributed by atoms with Gasteiger partial charge < -0.3 is 10.6 Å². The Hall–Kier alpha value is -0.830. The van der Waals surface area contributed by atoms with Crippen LogP contribution in [0.2, 0.25) is 0 Å². The summed E-state index contributed by atoms with van der Waals surface area (Å²) in [5, 5.41) is 6.33. The van der Waals surface area contributed by atoms with Gasteiger partial charge in [0.15, 0.2) is 0 Å². The predicted octanol–water partition coefficient (Wildman–Crippen LogP) is 3.16. The van der Waals surface area contributed by atoms with E-state index in [1.54, 1.807) is 0 Å². The number of amides is 1. The molecular formula is C16H30N2O. The molecule has 0 atom stereocenters. The molecule has 110 valence electrons. The van der Waals surface area contributed by atoms with Crippen LogP contribution in [0.1, 0.15) is 64.7 Å². The Kier molecular flexibility index (Phi) is 9.42. The fraction of sp³-hybridized carbons (Fsp3) is 0.812. The number of rotatable bonds is 10. The van der Waals surface area contributed by atoms with Crippen LogP contribution in [0, 0.1) is 0 Å². The van der Waals surface area contributed by atoms with E-state index >= 15 is 0 Å². The van der Waals surface area contributed by atoms with E-state index in [1.165, 1.54) is 37.7 Å². The average molecular weight is 266 g/mol. The lowest BCUT2D eigenvalue weighted by molar-refractivity contribution is -0.121. The number of unbranched alkanes of at least 4 members (excludes halogenated alkanes) is 5. The molecule has 1 amide bonds. The minimum atomic E-state index is 0.227. The van der Waals surface area contributed by atoms with Gasteiger partial charge in [-0.15, -0.1) is 0 Å². The molecule has 0 saturated carbocycles. The van der Waals surface area contributed by atoms with Crippen LogP contribution in [0.25, 0.3) is 0 Å². The third-order valence-corrected chi connectivity index (χ3v) is 3.68. The predicted molar refractivity (Wildman–Crippen MR) is 81.2 cm³/mol. The first kappa shape index (κ1) is 16.2. The molecule has 0 aromatic heterocycles. The molecule has 2 N–H and O–H groups in total. The monoisotopic (exact) mass is 266 g/mol. The summed E-state index contributed by atoms with van der Waals surface area (Å²) in [6, 6.07) is 0. The average Bonchev–Trinajstić information content (AvgIpc) is 2.44. The van der Waals surface area contributed by atoms with Crippen LogP contribution in [0.15, 0.2) is 11.6 Å². The van der Waals surface area contributed by atoms with Crippen LogP contribution in [0.4, 0.5) is 0 Å². The van der Waals surface area contributed by atoms with Gasteiger partial charge in [0.2, 0.25) is 5.91 Å². The van der Waals surface area contributed by atoms with Gasteiger partial charge in [-0.1, -0.05) is 50.7 Å². The summed E-state index contributed by atoms with van der Waals surface area (Å²) < 4.78 is 0. The zero-order valence-corrected chi connectivity index (χ0v) is 12.5. The molecule has 3 nitrogen and oxygen atoms in total. The van der Waals surface area contributed by atoms with Gasteiger partial charge in [-0.3, -0.25) is 4.79 Å². The Labute approximate surface area is 118 Å². The maximum absolute atomic E-state index is 11.6. The minimum absolute atomic E-state index is 0.227. The fourth-order valence-electron chi connectivity index (χ4n) is 2.41. The zero-order valence-electron chi connectivity index (χ0n) is 12.5. The van der Waals surface area contributed by atoms with E-state index in [0.717, 1.165) is 38.9 Å². The first-order chi connectivity index (χ1) is 9.33. The Morgan fingerprint density at radius 1 is 1.26 bits per heavy atom. The minimum Gasteiger partial charge on any atom is -0.356 e. The Bertz CT molecular complexity index is 274. The summed E-state index contributed by atoms with van der Waals surface area (Å²) >= 11 is 0. The molecular weight excluding hydrogens is 236 g/mol. The van der Waals surface area contributed by atoms with Crippen molar-refractivity contribution in [1.29, 1.82) is 0 Å². The van der Waals surface area contributed by atoms with Gasteiger partial charge in [0.05, 0.1) is 0 Å². The van der Waals surface area contributed by atoms with Gasteiger partial charge >= 0.3 is 0 Å². The molecule has 19 heavy (non-hydrogen) atoms. The lowest BCUT2D eigenvalue weighted by Crippen LogP contribution is -2.26. The number of carbonyl (C=O) groups excluding carboxylic acids is 1. The smallest absolute Gasteiger partial charge is 0.220 e. The van der Waals surface area contributed by atoms with Crippen LogP contribution >= 0.6 is 0 Å². The van der Waals surface area contributed by atoms with Crippen molar-refractivity contribution in [2.45, 2.75) is 64.7 Å². The van der Waals surface area contributed by atoms with Crippen LogP contribution in [0.3, 0.4) is 0 Å². The third kappa shape index (κ3) is 8.82. The van der Waals surface area contributed by atoms with E-state index in [-0.39, 0.29) is 5.91 Å². The highest BCUT2D eigenvalue weighted by atomic mass is 16.1. The van der Waals surface area contributed by atoms with Crippen molar-refractivity contribution < 1.29 is 4.79 Å². The van der Waals surface area contributed by atoms with Crippen molar-refractivity contribution in [3.05, 3.63) is 11.6 Å². The molecule has 1 aliphatic rings. The van der Waals surface area contributed by atoms with Gasteiger partial charge in [-0.05, 0) is 25.8 Å². The third-order valence-electron chi connectivity index (χ3n) is 3.68. The molecule has 0 fully saturated rings. The molecule has 0 radical (unpaired) electrons. The lowest BCUT2D eigenvalue weighted by Gasteiger charge is -2.14.